The maximum absolute atomic E-state index is 13.8. The van der Waals surface area contributed by atoms with Gasteiger partial charge in [-0.3, -0.25) is 19.2 Å². The van der Waals surface area contributed by atoms with Gasteiger partial charge < -0.3 is 29.1 Å². The summed E-state index contributed by atoms with van der Waals surface area (Å²) >= 11 is 0. The molecule has 2 aromatic carbocycles. The van der Waals surface area contributed by atoms with Crippen molar-refractivity contribution in [1.29, 1.82) is 0 Å². The van der Waals surface area contributed by atoms with Crippen LogP contribution in [0.15, 0.2) is 48.5 Å². The monoisotopic (exact) mass is 925 g/mol. The minimum Gasteiger partial charge on any atom is -0.497 e. The quantitative estimate of drug-likeness (QED) is 0.102. The molecule has 2 saturated heterocycles. The van der Waals surface area contributed by atoms with Gasteiger partial charge in [0.05, 0.1) is 26.1 Å². The van der Waals surface area contributed by atoms with Gasteiger partial charge in [-0.2, -0.15) is 0 Å². The molecule has 1 N–H and O–H groups in total. The van der Waals surface area contributed by atoms with Crippen LogP contribution in [-0.2, 0) is 41.8 Å². The highest BCUT2D eigenvalue weighted by Gasteiger charge is 2.71. The van der Waals surface area contributed by atoms with E-state index in [2.05, 4.69) is 0 Å². The van der Waals surface area contributed by atoms with Gasteiger partial charge in [-0.05, 0) is 91.2 Å². The lowest BCUT2D eigenvalue weighted by molar-refractivity contribution is -0.214. The van der Waals surface area contributed by atoms with Gasteiger partial charge in [0.25, 0.3) is 0 Å². The number of ether oxygens (including phenoxy) is 3. The summed E-state index contributed by atoms with van der Waals surface area (Å²) < 4.78 is 16.5. The van der Waals surface area contributed by atoms with Gasteiger partial charge in [0.15, 0.2) is 11.6 Å². The first kappa shape index (κ1) is 50.5. The van der Waals surface area contributed by atoms with E-state index in [0.29, 0.717) is 48.8 Å². The summed E-state index contributed by atoms with van der Waals surface area (Å²) in [4.78, 5) is 68.6. The highest BCUT2D eigenvalue weighted by Crippen LogP contribution is 2.53. The number of esters is 1. The zero-order valence-electron chi connectivity index (χ0n) is 40.8. The van der Waals surface area contributed by atoms with Crippen LogP contribution in [0.1, 0.15) is 178 Å². The second kappa shape index (κ2) is 24.7. The molecule has 11 heteroatoms. The molecule has 2 aliphatic heterocycles. The average molecular weight is 925 g/mol. The van der Waals surface area contributed by atoms with Crippen LogP contribution in [0, 0.1) is 35.5 Å². The summed E-state index contributed by atoms with van der Waals surface area (Å²) in [6.45, 7) is 0.239. The standard InChI is InChI=1S/C28H41NO5.C28H39NO4/c1-34-24-15-12-23(13-16-24)19-29(20-27(31)32)28(33)25(18-22-10-6-3-7-11-22)26(30)17-14-21-8-4-2-5-9-21;1-32-23-14-12-22(13-15-23)19-29-25-27(31)33-28(25,17-16-20-8-4-2-5-9-20)24(26(29)30)18-21-10-6-3-7-11-21/h12-13,15-16,21-22,25H,2-11,14,17-20H2,1H3,(H,31,32);12-15,20-21,24-25H,2-11,16-19H2,1H3/t;24-,25?,28-/m.0/s1. The number of hydrogen-bond donors (Lipinski definition) is 1. The first-order valence-corrected chi connectivity index (χ1v) is 26.4. The van der Waals surface area contributed by atoms with Gasteiger partial charge in [-0.15, -0.1) is 0 Å². The van der Waals surface area contributed by atoms with Crippen molar-refractivity contribution in [2.45, 2.75) is 192 Å². The van der Waals surface area contributed by atoms with Gasteiger partial charge >= 0.3 is 11.9 Å². The third kappa shape index (κ3) is 13.4. The van der Waals surface area contributed by atoms with Crippen molar-refractivity contribution in [1.82, 2.24) is 9.80 Å². The molecule has 6 aliphatic rings. The number of ketones is 1. The number of hydrogen-bond acceptors (Lipinski definition) is 8. The molecule has 8 rings (SSSR count). The lowest BCUT2D eigenvalue weighted by Crippen LogP contribution is -2.65. The van der Waals surface area contributed by atoms with Crippen LogP contribution in [0.2, 0.25) is 0 Å². The predicted octanol–water partition coefficient (Wildman–Crippen LogP) is 11.3. The van der Waals surface area contributed by atoms with Crippen LogP contribution in [0.5, 0.6) is 11.5 Å². The number of amides is 2. The van der Waals surface area contributed by atoms with E-state index in [1.165, 1.54) is 108 Å². The van der Waals surface area contributed by atoms with Crippen LogP contribution in [0.4, 0.5) is 0 Å². The van der Waals surface area contributed by atoms with Gasteiger partial charge in [-0.25, -0.2) is 4.79 Å². The Bertz CT molecular complexity index is 1910. The minimum absolute atomic E-state index is 0.00580. The lowest BCUT2D eigenvalue weighted by Gasteiger charge is -2.48. The van der Waals surface area contributed by atoms with Gasteiger partial charge in [0.2, 0.25) is 11.8 Å². The smallest absolute Gasteiger partial charge is 0.333 e. The van der Waals surface area contributed by atoms with E-state index in [1.807, 2.05) is 41.3 Å². The van der Waals surface area contributed by atoms with E-state index in [0.717, 1.165) is 68.2 Å². The Kier molecular flexibility index (Phi) is 18.6. The summed E-state index contributed by atoms with van der Waals surface area (Å²) in [5.41, 5.74) is 1.25. The Morgan fingerprint density at radius 2 is 1.18 bits per heavy atom. The average Bonchev–Trinajstić information content (AvgIpc) is 3.53. The molecule has 4 aliphatic carbocycles. The molecular formula is C56H80N2O9. The molecule has 2 amide bonds. The van der Waals surface area contributed by atoms with E-state index >= 15 is 0 Å². The molecule has 4 atom stereocenters. The normalized spacial score (nSPS) is 24.4. The van der Waals surface area contributed by atoms with Crippen LogP contribution < -0.4 is 9.47 Å². The number of likely N-dealkylation sites (tertiary alicyclic amines) is 1. The topological polar surface area (TPSA) is 140 Å². The molecule has 368 valence electrons. The predicted molar refractivity (Wildman–Crippen MR) is 258 cm³/mol. The van der Waals surface area contributed by atoms with Crippen LogP contribution in [-0.4, -0.2) is 76.8 Å². The summed E-state index contributed by atoms with van der Waals surface area (Å²) in [5, 5.41) is 9.51. The van der Waals surface area contributed by atoms with Crippen molar-refractivity contribution in [2.24, 2.45) is 35.5 Å². The maximum Gasteiger partial charge on any atom is 0.333 e. The number of nitrogens with zero attached hydrogens (tertiary/aromatic N) is 2. The zero-order chi connectivity index (χ0) is 47.2. The van der Waals surface area contributed by atoms with Crippen molar-refractivity contribution in [3.05, 3.63) is 59.7 Å². The van der Waals surface area contributed by atoms with E-state index < -0.39 is 30.1 Å². The first-order chi connectivity index (χ1) is 32.6. The molecule has 2 heterocycles. The molecule has 6 fully saturated rings. The number of methoxy groups -OCH3 is 2. The summed E-state index contributed by atoms with van der Waals surface area (Å²) in [6.07, 6.45) is 29.1. The third-order valence-electron chi connectivity index (χ3n) is 16.6. The van der Waals surface area contributed by atoms with Crippen molar-refractivity contribution < 1.29 is 43.3 Å². The van der Waals surface area contributed by atoms with Gasteiger partial charge in [0, 0.05) is 19.5 Å². The van der Waals surface area contributed by atoms with Crippen molar-refractivity contribution in [3.63, 3.8) is 0 Å². The fourth-order valence-electron chi connectivity index (χ4n) is 12.7. The number of fused-ring (bicyclic) bond motifs is 1. The fraction of sp³-hybridized carbons (Fsp3) is 0.696. The van der Waals surface area contributed by atoms with Crippen LogP contribution in [0.3, 0.4) is 0 Å². The molecule has 67 heavy (non-hydrogen) atoms. The summed E-state index contributed by atoms with van der Waals surface area (Å²) in [5.74, 6) is 1.40. The third-order valence-corrected chi connectivity index (χ3v) is 16.6. The van der Waals surface area contributed by atoms with E-state index in [4.69, 9.17) is 14.2 Å². The number of rotatable bonds is 20. The summed E-state index contributed by atoms with van der Waals surface area (Å²) in [6, 6.07) is 14.7. The molecule has 0 radical (unpaired) electrons. The highest BCUT2D eigenvalue weighted by molar-refractivity contribution is 6.02. The highest BCUT2D eigenvalue weighted by atomic mass is 16.6. The second-order valence-electron chi connectivity index (χ2n) is 21.2. The Morgan fingerprint density at radius 1 is 0.687 bits per heavy atom. The van der Waals surface area contributed by atoms with E-state index in [9.17, 15) is 29.1 Å². The fourth-order valence-corrected chi connectivity index (χ4v) is 12.7. The van der Waals surface area contributed by atoms with Crippen LogP contribution in [0.25, 0.3) is 0 Å². The van der Waals surface area contributed by atoms with E-state index in [1.54, 1.807) is 26.4 Å². The Balaban J connectivity index is 0.000000199. The minimum atomic E-state index is -1.06. The molecule has 11 nitrogen and oxygen atoms in total. The molecule has 2 unspecified atom stereocenters. The Hall–Kier alpha value is -4.41. The Morgan fingerprint density at radius 3 is 1.69 bits per heavy atom. The van der Waals surface area contributed by atoms with E-state index in [-0.39, 0.29) is 36.0 Å². The first-order valence-electron chi connectivity index (χ1n) is 26.4. The van der Waals surface area contributed by atoms with Gasteiger partial charge in [0.1, 0.15) is 23.8 Å². The molecule has 0 spiro atoms. The number of aliphatic carboxylic acids is 1. The lowest BCUT2D eigenvalue weighted by atomic mass is 9.70. The molecule has 2 aromatic rings. The molecular weight excluding hydrogens is 845 g/mol. The number of Topliss-reactive ketones (excluding diaryl/α,β-unsaturated/α-hetero) is 1. The zero-order valence-corrected chi connectivity index (χ0v) is 40.8. The number of carbonyl (C=O) groups excluding carboxylic acids is 4. The number of carboxylic acid groups (broad SMARTS) is 1. The molecule has 0 aromatic heterocycles. The Labute approximate surface area is 400 Å². The van der Waals surface area contributed by atoms with Crippen molar-refractivity contribution in [3.8, 4) is 11.5 Å². The SMILES string of the molecule is COc1ccc(CN(CC(=O)O)C(=O)C(CC2CCCCC2)C(=O)CCC2CCCCC2)cc1.COc1ccc(CN2C(=O)[C@H](CC3CCCCC3)[C@]3(CCC4CCCCC4)OC(=O)C23)cc1. The molecule has 4 saturated carbocycles. The number of benzene rings is 2. The number of carbonyl (C=O) groups is 5. The van der Waals surface area contributed by atoms with Crippen LogP contribution >= 0.6 is 0 Å². The maximum atomic E-state index is 13.8. The van der Waals surface area contributed by atoms with Crippen molar-refractivity contribution in [2.75, 3.05) is 20.8 Å². The van der Waals surface area contributed by atoms with Crippen molar-refractivity contribution >= 4 is 29.5 Å². The summed E-state index contributed by atoms with van der Waals surface area (Å²) in [7, 11) is 3.24. The molecule has 0 bridgehead atoms. The second-order valence-corrected chi connectivity index (χ2v) is 21.2. The van der Waals surface area contributed by atoms with Gasteiger partial charge in [-0.1, -0.05) is 153 Å². The largest absolute Gasteiger partial charge is 0.497 e. The number of carboxylic acids is 1.